The van der Waals surface area contributed by atoms with Crippen LogP contribution in [0.3, 0.4) is 0 Å². The molecule has 2 aromatic carbocycles. The zero-order valence-corrected chi connectivity index (χ0v) is 15.0. The summed E-state index contributed by atoms with van der Waals surface area (Å²) >= 11 is 6.02. The van der Waals surface area contributed by atoms with E-state index in [4.69, 9.17) is 21.4 Å². The first-order valence-corrected chi connectivity index (χ1v) is 8.46. The molecule has 1 heterocycles. The molecule has 4 nitrogen and oxygen atoms in total. The summed E-state index contributed by atoms with van der Waals surface area (Å²) < 4.78 is 45.8. The predicted octanol–water partition coefficient (Wildman–Crippen LogP) is 5.02. The second-order valence-electron chi connectivity index (χ2n) is 5.87. The lowest BCUT2D eigenvalue weighted by Crippen LogP contribution is -2.05. The summed E-state index contributed by atoms with van der Waals surface area (Å²) in [6.07, 6.45) is 0.206. The zero-order valence-electron chi connectivity index (χ0n) is 14.3. The molecule has 144 valence electrons. The third-order valence-corrected chi connectivity index (χ3v) is 4.15. The molecule has 0 unspecified atom stereocenters. The van der Waals surface area contributed by atoms with Crippen molar-refractivity contribution in [3.8, 4) is 5.75 Å². The van der Waals surface area contributed by atoms with E-state index in [-0.39, 0.29) is 24.3 Å². The van der Waals surface area contributed by atoms with Crippen LogP contribution in [0.5, 0.6) is 5.75 Å². The van der Waals surface area contributed by atoms with Crippen LogP contribution < -0.4 is 4.74 Å². The van der Waals surface area contributed by atoms with Gasteiger partial charge < -0.3 is 9.84 Å². The van der Waals surface area contributed by atoms with Gasteiger partial charge in [0, 0.05) is 28.3 Å². The quantitative estimate of drug-likeness (QED) is 0.583. The molecule has 0 bridgehead atoms. The average Bonchev–Trinajstić information content (AvgIpc) is 2.67. The first-order chi connectivity index (χ1) is 13.3. The van der Waals surface area contributed by atoms with Crippen molar-refractivity contribution in [2.24, 2.45) is 0 Å². The maximum atomic E-state index is 13.8. The van der Waals surface area contributed by atoms with Gasteiger partial charge in [0.2, 0.25) is 0 Å². The van der Waals surface area contributed by atoms with E-state index < -0.39 is 23.4 Å². The highest BCUT2D eigenvalue weighted by atomic mass is 35.5. The monoisotopic (exact) mass is 407 g/mol. The van der Waals surface area contributed by atoms with Crippen LogP contribution in [0.25, 0.3) is 0 Å². The van der Waals surface area contributed by atoms with Crippen molar-refractivity contribution >= 4 is 17.6 Å². The third kappa shape index (κ3) is 4.43. The lowest BCUT2D eigenvalue weighted by molar-refractivity contribution is 0.0690. The Bertz CT molecular complexity index is 1040. The molecule has 3 rings (SSSR count). The van der Waals surface area contributed by atoms with Gasteiger partial charge in [0.1, 0.15) is 18.1 Å². The number of benzene rings is 2. The van der Waals surface area contributed by atoms with Gasteiger partial charge in [0.25, 0.3) is 0 Å². The van der Waals surface area contributed by atoms with Gasteiger partial charge in [0.05, 0.1) is 0 Å². The molecular weight excluding hydrogens is 395 g/mol. The molecule has 3 aromatic rings. The van der Waals surface area contributed by atoms with E-state index in [0.717, 1.165) is 12.1 Å². The van der Waals surface area contributed by atoms with Gasteiger partial charge in [-0.2, -0.15) is 0 Å². The fraction of sp³-hybridized carbons (Fsp3) is 0.100. The van der Waals surface area contributed by atoms with Crippen molar-refractivity contribution in [2.45, 2.75) is 13.0 Å². The largest absolute Gasteiger partial charge is 0.488 e. The van der Waals surface area contributed by atoms with Gasteiger partial charge in [-0.1, -0.05) is 17.7 Å². The first-order valence-electron chi connectivity index (χ1n) is 8.08. The molecule has 0 spiro atoms. The average molecular weight is 408 g/mol. The minimum Gasteiger partial charge on any atom is -0.488 e. The molecule has 0 atom stereocenters. The number of aromatic carboxylic acids is 1. The molecular formula is C20H13ClF3NO3. The van der Waals surface area contributed by atoms with Crippen molar-refractivity contribution in [1.29, 1.82) is 0 Å². The predicted molar refractivity (Wildman–Crippen MR) is 96.1 cm³/mol. The lowest BCUT2D eigenvalue weighted by atomic mass is 10.1. The molecule has 0 fully saturated rings. The Balaban J connectivity index is 1.84. The van der Waals surface area contributed by atoms with Crippen LogP contribution in [-0.2, 0) is 13.0 Å². The van der Waals surface area contributed by atoms with Crippen molar-refractivity contribution in [1.82, 2.24) is 4.98 Å². The Morgan fingerprint density at radius 1 is 1.04 bits per heavy atom. The van der Waals surface area contributed by atoms with Crippen LogP contribution in [0, 0.1) is 17.5 Å². The highest BCUT2D eigenvalue weighted by Crippen LogP contribution is 2.27. The number of pyridine rings is 1. The number of nitrogens with zero attached hydrogens (tertiary/aromatic N) is 1. The fourth-order valence-electron chi connectivity index (χ4n) is 2.55. The van der Waals surface area contributed by atoms with E-state index in [0.29, 0.717) is 22.0 Å². The summed E-state index contributed by atoms with van der Waals surface area (Å²) in [6.45, 7) is -0.333. The molecule has 1 N–H and O–H groups in total. The maximum Gasteiger partial charge on any atom is 0.354 e. The summed E-state index contributed by atoms with van der Waals surface area (Å²) in [6, 6.07) is 11.2. The van der Waals surface area contributed by atoms with Gasteiger partial charge >= 0.3 is 5.97 Å². The van der Waals surface area contributed by atoms with Gasteiger partial charge in [0.15, 0.2) is 17.5 Å². The van der Waals surface area contributed by atoms with E-state index >= 15 is 0 Å². The molecule has 0 saturated carbocycles. The van der Waals surface area contributed by atoms with E-state index in [9.17, 15) is 18.0 Å². The summed E-state index contributed by atoms with van der Waals surface area (Å²) in [5, 5.41) is 9.46. The topological polar surface area (TPSA) is 59.4 Å². The molecule has 0 aliphatic rings. The highest BCUT2D eigenvalue weighted by molar-refractivity contribution is 6.30. The van der Waals surface area contributed by atoms with Gasteiger partial charge in [-0.25, -0.2) is 22.9 Å². The molecule has 0 amide bonds. The Kier molecular flexibility index (Phi) is 5.84. The molecule has 8 heteroatoms. The number of hydrogen-bond acceptors (Lipinski definition) is 3. The van der Waals surface area contributed by atoms with E-state index in [2.05, 4.69) is 4.98 Å². The number of carbonyl (C=O) groups is 1. The standard InChI is InChI=1S/C20H13ClF3NO3/c21-13-5-7-17(28-10-11-4-6-15(22)19(24)18(11)23)12(8-13)9-14-2-1-3-16(25-14)20(26)27/h1-8H,9-10H2,(H,26,27). The summed E-state index contributed by atoms with van der Waals surface area (Å²) in [7, 11) is 0. The minimum absolute atomic E-state index is 0.106. The summed E-state index contributed by atoms with van der Waals surface area (Å²) in [5.41, 5.74) is 0.785. The zero-order chi connectivity index (χ0) is 20.3. The molecule has 0 radical (unpaired) electrons. The van der Waals surface area contributed by atoms with Gasteiger partial charge in [-0.3, -0.25) is 0 Å². The minimum atomic E-state index is -1.56. The van der Waals surface area contributed by atoms with Crippen LogP contribution in [0.4, 0.5) is 13.2 Å². The number of halogens is 4. The van der Waals surface area contributed by atoms with Crippen LogP contribution in [0.2, 0.25) is 5.02 Å². The normalized spacial score (nSPS) is 10.7. The van der Waals surface area contributed by atoms with Crippen LogP contribution in [0.15, 0.2) is 48.5 Å². The number of rotatable bonds is 6. The molecule has 0 saturated heterocycles. The molecule has 28 heavy (non-hydrogen) atoms. The van der Waals surface area contributed by atoms with Crippen molar-refractivity contribution in [2.75, 3.05) is 0 Å². The van der Waals surface area contributed by atoms with Crippen LogP contribution in [-0.4, -0.2) is 16.1 Å². The Labute approximate surface area is 163 Å². The number of hydrogen-bond donors (Lipinski definition) is 1. The van der Waals surface area contributed by atoms with Crippen molar-refractivity contribution in [3.63, 3.8) is 0 Å². The highest BCUT2D eigenvalue weighted by Gasteiger charge is 2.15. The first kappa shape index (κ1) is 19.7. The lowest BCUT2D eigenvalue weighted by Gasteiger charge is -2.13. The van der Waals surface area contributed by atoms with E-state index in [1.807, 2.05) is 0 Å². The summed E-state index contributed by atoms with van der Waals surface area (Å²) in [4.78, 5) is 15.1. The molecule has 0 aliphatic carbocycles. The second kappa shape index (κ2) is 8.31. The van der Waals surface area contributed by atoms with Crippen LogP contribution >= 0.6 is 11.6 Å². The number of carboxylic acids is 1. The Morgan fingerprint density at radius 2 is 1.82 bits per heavy atom. The Morgan fingerprint density at radius 3 is 2.57 bits per heavy atom. The summed E-state index contributed by atoms with van der Waals surface area (Å²) in [5.74, 6) is -4.98. The maximum absolute atomic E-state index is 13.8. The fourth-order valence-corrected chi connectivity index (χ4v) is 2.75. The van der Waals surface area contributed by atoms with Crippen molar-refractivity contribution < 1.29 is 27.8 Å². The third-order valence-electron chi connectivity index (χ3n) is 3.92. The number of ether oxygens (including phenoxy) is 1. The second-order valence-corrected chi connectivity index (χ2v) is 6.31. The SMILES string of the molecule is O=C(O)c1cccc(Cc2cc(Cl)ccc2OCc2ccc(F)c(F)c2F)n1. The van der Waals surface area contributed by atoms with Crippen molar-refractivity contribution in [3.05, 3.63) is 93.5 Å². The number of carboxylic acid groups (broad SMARTS) is 1. The van der Waals surface area contributed by atoms with Gasteiger partial charge in [-0.05, 0) is 42.5 Å². The smallest absolute Gasteiger partial charge is 0.354 e. The number of aromatic nitrogens is 1. The van der Waals surface area contributed by atoms with Gasteiger partial charge in [-0.15, -0.1) is 0 Å². The van der Waals surface area contributed by atoms with Crippen LogP contribution in [0.1, 0.15) is 27.3 Å². The molecule has 1 aromatic heterocycles. The van der Waals surface area contributed by atoms with E-state index in [1.165, 1.54) is 6.07 Å². The van der Waals surface area contributed by atoms with E-state index in [1.54, 1.807) is 30.3 Å². The Hall–Kier alpha value is -3.06. The molecule has 0 aliphatic heterocycles.